The largest absolute Gasteiger partial charge is 0.349 e. The molecule has 1 N–H and O–H groups in total. The first-order chi connectivity index (χ1) is 7.67. The Bertz CT molecular complexity index is 359. The zero-order valence-corrected chi connectivity index (χ0v) is 10.1. The van der Waals surface area contributed by atoms with Crippen molar-refractivity contribution in [2.45, 2.75) is 25.3 Å². The molecule has 2 nitrogen and oxygen atoms in total. The van der Waals surface area contributed by atoms with Crippen LogP contribution in [0, 0.1) is 0 Å². The molecular weight excluding hydrogens is 222 g/mol. The van der Waals surface area contributed by atoms with Crippen LogP contribution in [-0.4, -0.2) is 11.9 Å². The Balaban J connectivity index is 2.62. The summed E-state index contributed by atoms with van der Waals surface area (Å²) in [5.74, 6) is 0.407. The molecule has 0 radical (unpaired) electrons. The molecule has 0 bridgehead atoms. The van der Waals surface area contributed by atoms with Gasteiger partial charge in [0.15, 0.2) is 0 Å². The van der Waals surface area contributed by atoms with Crippen LogP contribution in [0.2, 0.25) is 0 Å². The van der Waals surface area contributed by atoms with Crippen LogP contribution in [0.5, 0.6) is 0 Å². The highest BCUT2D eigenvalue weighted by Crippen LogP contribution is 2.07. The molecule has 1 amide bonds. The molecule has 0 aliphatic heterocycles. The maximum atomic E-state index is 11.8. The van der Waals surface area contributed by atoms with Gasteiger partial charge in [-0.2, -0.15) is 0 Å². The number of halogens is 1. The van der Waals surface area contributed by atoms with Crippen molar-refractivity contribution in [3.63, 3.8) is 0 Å². The molecule has 1 rings (SSSR count). The van der Waals surface area contributed by atoms with Crippen molar-refractivity contribution in [1.82, 2.24) is 5.32 Å². The van der Waals surface area contributed by atoms with E-state index in [0.29, 0.717) is 11.4 Å². The molecular formula is C13H16ClNO. The van der Waals surface area contributed by atoms with Crippen LogP contribution >= 0.6 is 11.6 Å². The SMILES string of the molecule is C=CCC(C)NC(=O)c1ccc(CCl)cc1. The lowest BCUT2D eigenvalue weighted by atomic mass is 10.1. The second-order valence-corrected chi connectivity index (χ2v) is 4.00. The number of rotatable bonds is 5. The van der Waals surface area contributed by atoms with Crippen molar-refractivity contribution in [3.8, 4) is 0 Å². The van der Waals surface area contributed by atoms with E-state index < -0.39 is 0 Å². The standard InChI is InChI=1S/C13H16ClNO/c1-3-4-10(2)15-13(16)12-7-5-11(9-14)6-8-12/h3,5-8,10H,1,4,9H2,2H3,(H,15,16). The Labute approximate surface area is 101 Å². The predicted octanol–water partition coefficient (Wildman–Crippen LogP) is 3.12. The van der Waals surface area contributed by atoms with E-state index in [2.05, 4.69) is 11.9 Å². The minimum atomic E-state index is -0.0597. The number of carbonyl (C=O) groups excluding carboxylic acids is 1. The van der Waals surface area contributed by atoms with Crippen LogP contribution < -0.4 is 5.32 Å². The van der Waals surface area contributed by atoms with Crippen LogP contribution in [0.15, 0.2) is 36.9 Å². The molecule has 0 heterocycles. The van der Waals surface area contributed by atoms with Crippen LogP contribution in [0.1, 0.15) is 29.3 Å². The van der Waals surface area contributed by atoms with E-state index in [1.165, 1.54) is 0 Å². The molecule has 0 aromatic heterocycles. The molecule has 0 aliphatic carbocycles. The molecule has 3 heteroatoms. The highest BCUT2D eigenvalue weighted by Gasteiger charge is 2.08. The molecule has 86 valence electrons. The zero-order chi connectivity index (χ0) is 12.0. The van der Waals surface area contributed by atoms with Gasteiger partial charge in [0.2, 0.25) is 0 Å². The van der Waals surface area contributed by atoms with Crippen LogP contribution in [0.25, 0.3) is 0 Å². The number of alkyl halides is 1. The lowest BCUT2D eigenvalue weighted by Gasteiger charge is -2.11. The Hall–Kier alpha value is -1.28. The summed E-state index contributed by atoms with van der Waals surface area (Å²) in [5.41, 5.74) is 1.67. The molecule has 1 aromatic rings. The molecule has 0 fully saturated rings. The van der Waals surface area contributed by atoms with Gasteiger partial charge >= 0.3 is 0 Å². The fourth-order valence-electron chi connectivity index (χ4n) is 1.36. The average molecular weight is 238 g/mol. The molecule has 1 aromatic carbocycles. The Morgan fingerprint density at radius 2 is 2.12 bits per heavy atom. The zero-order valence-electron chi connectivity index (χ0n) is 9.37. The van der Waals surface area contributed by atoms with Crippen molar-refractivity contribution in [3.05, 3.63) is 48.0 Å². The highest BCUT2D eigenvalue weighted by atomic mass is 35.5. The number of hydrogen-bond acceptors (Lipinski definition) is 1. The fraction of sp³-hybridized carbons (Fsp3) is 0.308. The van der Waals surface area contributed by atoms with Gasteiger partial charge in [0.05, 0.1) is 0 Å². The van der Waals surface area contributed by atoms with E-state index >= 15 is 0 Å². The molecule has 1 unspecified atom stereocenters. The molecule has 0 aliphatic rings. The maximum Gasteiger partial charge on any atom is 0.251 e. The smallest absolute Gasteiger partial charge is 0.251 e. The van der Waals surface area contributed by atoms with Gasteiger partial charge in [0.1, 0.15) is 0 Å². The maximum absolute atomic E-state index is 11.8. The van der Waals surface area contributed by atoms with Crippen LogP contribution in [-0.2, 0) is 5.88 Å². The third-order valence-electron chi connectivity index (χ3n) is 2.27. The van der Waals surface area contributed by atoms with Crippen molar-refractivity contribution < 1.29 is 4.79 Å². The molecule has 0 saturated carbocycles. The van der Waals surface area contributed by atoms with E-state index in [4.69, 9.17) is 11.6 Å². The molecule has 1 atom stereocenters. The monoisotopic (exact) mass is 237 g/mol. The summed E-state index contributed by atoms with van der Waals surface area (Å²) in [6.07, 6.45) is 2.56. The van der Waals surface area contributed by atoms with Gasteiger partial charge in [-0.25, -0.2) is 0 Å². The van der Waals surface area contributed by atoms with E-state index in [9.17, 15) is 4.79 Å². The third kappa shape index (κ3) is 3.70. The average Bonchev–Trinajstić information content (AvgIpc) is 2.29. The van der Waals surface area contributed by atoms with Crippen molar-refractivity contribution >= 4 is 17.5 Å². The summed E-state index contributed by atoms with van der Waals surface area (Å²) in [6, 6.07) is 7.40. The Morgan fingerprint density at radius 1 is 1.50 bits per heavy atom. The van der Waals surface area contributed by atoms with Gasteiger partial charge in [0.25, 0.3) is 5.91 Å². The normalized spacial score (nSPS) is 11.9. The second-order valence-electron chi connectivity index (χ2n) is 3.73. The van der Waals surface area contributed by atoms with Gasteiger partial charge in [-0.15, -0.1) is 18.2 Å². The number of amides is 1. The first-order valence-corrected chi connectivity index (χ1v) is 5.77. The minimum absolute atomic E-state index is 0.0597. The van der Waals surface area contributed by atoms with E-state index in [-0.39, 0.29) is 11.9 Å². The minimum Gasteiger partial charge on any atom is -0.349 e. The first-order valence-electron chi connectivity index (χ1n) is 5.24. The summed E-state index contributed by atoms with van der Waals surface area (Å²) >= 11 is 5.67. The second kappa shape index (κ2) is 6.33. The van der Waals surface area contributed by atoms with E-state index in [1.807, 2.05) is 19.1 Å². The number of hydrogen-bond donors (Lipinski definition) is 1. The van der Waals surface area contributed by atoms with E-state index in [0.717, 1.165) is 12.0 Å². The summed E-state index contributed by atoms with van der Waals surface area (Å²) in [5, 5.41) is 2.89. The molecule has 0 saturated heterocycles. The van der Waals surface area contributed by atoms with Crippen LogP contribution in [0.4, 0.5) is 0 Å². The fourth-order valence-corrected chi connectivity index (χ4v) is 1.54. The lowest BCUT2D eigenvalue weighted by molar-refractivity contribution is 0.0940. The van der Waals surface area contributed by atoms with Gasteiger partial charge in [-0.05, 0) is 31.0 Å². The van der Waals surface area contributed by atoms with Crippen LogP contribution in [0.3, 0.4) is 0 Å². The number of benzene rings is 1. The molecule has 0 spiro atoms. The molecule has 16 heavy (non-hydrogen) atoms. The number of nitrogens with one attached hydrogen (secondary N) is 1. The Kier molecular flexibility index (Phi) is 5.06. The summed E-state index contributed by atoms with van der Waals surface area (Å²) in [6.45, 7) is 5.59. The van der Waals surface area contributed by atoms with Crippen molar-refractivity contribution in [2.75, 3.05) is 0 Å². The summed E-state index contributed by atoms with van der Waals surface area (Å²) < 4.78 is 0. The highest BCUT2D eigenvalue weighted by molar-refractivity contribution is 6.17. The summed E-state index contributed by atoms with van der Waals surface area (Å²) in [7, 11) is 0. The third-order valence-corrected chi connectivity index (χ3v) is 2.58. The van der Waals surface area contributed by atoms with Crippen molar-refractivity contribution in [1.29, 1.82) is 0 Å². The van der Waals surface area contributed by atoms with Gasteiger partial charge in [0, 0.05) is 17.5 Å². The van der Waals surface area contributed by atoms with E-state index in [1.54, 1.807) is 18.2 Å². The predicted molar refractivity (Wildman–Crippen MR) is 67.7 cm³/mol. The van der Waals surface area contributed by atoms with Gasteiger partial charge in [-0.1, -0.05) is 18.2 Å². The summed E-state index contributed by atoms with van der Waals surface area (Å²) in [4.78, 5) is 11.8. The van der Waals surface area contributed by atoms with Gasteiger partial charge < -0.3 is 5.32 Å². The quantitative estimate of drug-likeness (QED) is 0.619. The van der Waals surface area contributed by atoms with Gasteiger partial charge in [-0.3, -0.25) is 4.79 Å². The number of carbonyl (C=O) groups is 1. The first kappa shape index (κ1) is 12.8. The van der Waals surface area contributed by atoms with Crippen molar-refractivity contribution in [2.24, 2.45) is 0 Å². The topological polar surface area (TPSA) is 29.1 Å². The Morgan fingerprint density at radius 3 is 2.62 bits per heavy atom. The lowest BCUT2D eigenvalue weighted by Crippen LogP contribution is -2.32.